The number of aromatic hydroxyl groups is 1. The van der Waals surface area contributed by atoms with Gasteiger partial charge in [-0.15, -0.1) is 0 Å². The summed E-state index contributed by atoms with van der Waals surface area (Å²) < 4.78 is 0. The van der Waals surface area contributed by atoms with Crippen LogP contribution in [0.2, 0.25) is 0 Å². The lowest BCUT2D eigenvalue weighted by Gasteiger charge is -2.11. The summed E-state index contributed by atoms with van der Waals surface area (Å²) in [4.78, 5) is 9.25. The average Bonchev–Trinajstić information content (AvgIpc) is 2.29. The molecule has 0 amide bonds. The zero-order valence-corrected chi connectivity index (χ0v) is 10.1. The number of thiol groups is 1. The molecule has 0 aliphatic heterocycles. The molecule has 5 nitrogen and oxygen atoms in total. The maximum absolute atomic E-state index is 9.75. The molecule has 16 heavy (non-hydrogen) atoms. The zero-order chi connectivity index (χ0) is 12.0. The van der Waals surface area contributed by atoms with Gasteiger partial charge in [0.05, 0.1) is 12.3 Å². The van der Waals surface area contributed by atoms with Crippen molar-refractivity contribution in [2.24, 2.45) is 5.73 Å². The molecule has 1 heterocycles. The van der Waals surface area contributed by atoms with Crippen LogP contribution in [0.1, 0.15) is 16.8 Å². The quantitative estimate of drug-likeness (QED) is 0.332. The molecule has 0 fully saturated rings. The van der Waals surface area contributed by atoms with Gasteiger partial charge in [-0.05, 0) is 6.92 Å². The van der Waals surface area contributed by atoms with Gasteiger partial charge in [0.1, 0.15) is 5.75 Å². The first-order chi connectivity index (χ1) is 7.70. The summed E-state index contributed by atoms with van der Waals surface area (Å²) in [6, 6.07) is 0. The minimum atomic E-state index is 0.151. The molecule has 1 aromatic rings. The van der Waals surface area contributed by atoms with Crippen molar-refractivity contribution in [3.05, 3.63) is 23.0 Å². The molecule has 0 radical (unpaired) electrons. The number of hydroxylamine groups is 1. The SMILES string of the molecule is Cc1ncc(CONCCS)c(CN)c1O. The number of hydrogen-bond acceptors (Lipinski definition) is 6. The number of aromatic nitrogens is 1. The van der Waals surface area contributed by atoms with Crippen LogP contribution in [0.5, 0.6) is 5.75 Å². The minimum Gasteiger partial charge on any atom is -0.506 e. The fourth-order valence-electron chi connectivity index (χ4n) is 1.28. The summed E-state index contributed by atoms with van der Waals surface area (Å²) in [6.07, 6.45) is 1.67. The fourth-order valence-corrected chi connectivity index (χ4v) is 1.37. The molecule has 0 atom stereocenters. The van der Waals surface area contributed by atoms with Gasteiger partial charge in [-0.1, -0.05) is 0 Å². The predicted octanol–water partition coefficient (Wildman–Crippen LogP) is 0.505. The van der Waals surface area contributed by atoms with Gasteiger partial charge in [-0.2, -0.15) is 12.6 Å². The van der Waals surface area contributed by atoms with Crippen LogP contribution >= 0.6 is 12.6 Å². The van der Waals surface area contributed by atoms with Crippen molar-refractivity contribution in [2.75, 3.05) is 12.3 Å². The average molecular weight is 243 g/mol. The Morgan fingerprint density at radius 1 is 1.62 bits per heavy atom. The molecule has 4 N–H and O–H groups in total. The number of nitrogens with two attached hydrogens (primary N) is 1. The Hall–Kier alpha value is -0.820. The first-order valence-corrected chi connectivity index (χ1v) is 5.65. The Balaban J connectivity index is 2.68. The molecule has 0 aliphatic rings. The molecule has 90 valence electrons. The van der Waals surface area contributed by atoms with Gasteiger partial charge >= 0.3 is 0 Å². The molecule has 1 rings (SSSR count). The van der Waals surface area contributed by atoms with E-state index in [2.05, 4.69) is 23.1 Å². The van der Waals surface area contributed by atoms with Gasteiger partial charge in [-0.3, -0.25) is 9.82 Å². The number of hydrogen-bond donors (Lipinski definition) is 4. The van der Waals surface area contributed by atoms with Gasteiger partial charge in [0.25, 0.3) is 0 Å². The second-order valence-corrected chi connectivity index (χ2v) is 3.75. The van der Waals surface area contributed by atoms with E-state index in [1.807, 2.05) is 0 Å². The molecule has 0 bridgehead atoms. The smallest absolute Gasteiger partial charge is 0.141 e. The third-order valence-corrected chi connectivity index (χ3v) is 2.40. The fraction of sp³-hybridized carbons (Fsp3) is 0.500. The van der Waals surface area contributed by atoms with Crippen molar-refractivity contribution in [3.8, 4) is 5.75 Å². The van der Waals surface area contributed by atoms with Crippen molar-refractivity contribution in [2.45, 2.75) is 20.1 Å². The summed E-state index contributed by atoms with van der Waals surface area (Å²) in [5.74, 6) is 0.846. The minimum absolute atomic E-state index is 0.151. The Morgan fingerprint density at radius 2 is 2.38 bits per heavy atom. The highest BCUT2D eigenvalue weighted by Crippen LogP contribution is 2.23. The van der Waals surface area contributed by atoms with Gasteiger partial charge in [0.15, 0.2) is 0 Å². The first-order valence-electron chi connectivity index (χ1n) is 5.02. The maximum Gasteiger partial charge on any atom is 0.141 e. The summed E-state index contributed by atoms with van der Waals surface area (Å²) in [7, 11) is 0. The van der Waals surface area contributed by atoms with E-state index in [0.717, 1.165) is 5.56 Å². The predicted molar refractivity (Wildman–Crippen MR) is 65.2 cm³/mol. The lowest BCUT2D eigenvalue weighted by Crippen LogP contribution is -2.18. The van der Waals surface area contributed by atoms with Crippen LogP contribution in [0.3, 0.4) is 0 Å². The van der Waals surface area contributed by atoms with E-state index in [0.29, 0.717) is 30.2 Å². The van der Waals surface area contributed by atoms with E-state index in [1.54, 1.807) is 13.1 Å². The van der Waals surface area contributed by atoms with Crippen molar-refractivity contribution >= 4 is 12.6 Å². The third kappa shape index (κ3) is 3.34. The van der Waals surface area contributed by atoms with Crippen LogP contribution in [-0.4, -0.2) is 22.4 Å². The van der Waals surface area contributed by atoms with E-state index >= 15 is 0 Å². The highest BCUT2D eigenvalue weighted by atomic mass is 32.1. The molecule has 1 aromatic heterocycles. The van der Waals surface area contributed by atoms with Crippen molar-refractivity contribution in [1.82, 2.24) is 10.5 Å². The topological polar surface area (TPSA) is 80.4 Å². The molecule has 6 heteroatoms. The lowest BCUT2D eigenvalue weighted by molar-refractivity contribution is 0.0314. The molecular formula is C10H17N3O2S. The number of pyridine rings is 1. The normalized spacial score (nSPS) is 10.7. The van der Waals surface area contributed by atoms with E-state index in [4.69, 9.17) is 10.6 Å². The monoisotopic (exact) mass is 243 g/mol. The van der Waals surface area contributed by atoms with Crippen LogP contribution < -0.4 is 11.2 Å². The van der Waals surface area contributed by atoms with E-state index in [-0.39, 0.29) is 12.3 Å². The van der Waals surface area contributed by atoms with Crippen LogP contribution in [0.4, 0.5) is 0 Å². The molecule has 0 spiro atoms. The largest absolute Gasteiger partial charge is 0.506 e. The molecular weight excluding hydrogens is 226 g/mol. The van der Waals surface area contributed by atoms with Crippen LogP contribution in [0.15, 0.2) is 6.20 Å². The van der Waals surface area contributed by atoms with Crippen LogP contribution in [0, 0.1) is 6.92 Å². The number of nitrogens with one attached hydrogen (secondary N) is 1. The first kappa shape index (κ1) is 13.2. The van der Waals surface area contributed by atoms with E-state index in [9.17, 15) is 5.11 Å². The summed E-state index contributed by atoms with van der Waals surface area (Å²) in [6.45, 7) is 2.98. The molecule has 0 saturated heterocycles. The lowest BCUT2D eigenvalue weighted by atomic mass is 10.1. The third-order valence-electron chi connectivity index (χ3n) is 2.18. The van der Waals surface area contributed by atoms with Gasteiger partial charge in [-0.25, -0.2) is 5.48 Å². The Morgan fingerprint density at radius 3 is 3.00 bits per heavy atom. The highest BCUT2D eigenvalue weighted by molar-refractivity contribution is 7.80. The molecule has 0 aromatic carbocycles. The van der Waals surface area contributed by atoms with Crippen molar-refractivity contribution in [1.29, 1.82) is 0 Å². The Labute approximate surface area is 100 Å². The number of rotatable bonds is 6. The maximum atomic E-state index is 9.75. The summed E-state index contributed by atoms with van der Waals surface area (Å²) in [5.41, 5.74) is 10.4. The van der Waals surface area contributed by atoms with Crippen LogP contribution in [-0.2, 0) is 18.0 Å². The van der Waals surface area contributed by atoms with Gasteiger partial charge in [0, 0.05) is 36.2 Å². The molecule has 0 unspecified atom stereocenters. The summed E-state index contributed by atoms with van der Waals surface area (Å²) >= 11 is 4.03. The number of nitrogens with zero attached hydrogens (tertiary/aromatic N) is 1. The summed E-state index contributed by atoms with van der Waals surface area (Å²) in [5, 5.41) is 9.75. The van der Waals surface area contributed by atoms with Gasteiger partial charge < -0.3 is 10.8 Å². The standard InChI is InChI=1S/C10H17N3O2S/c1-7-10(14)9(4-11)8(5-12-7)6-15-13-2-3-16/h5,13-14,16H,2-4,6,11H2,1H3. The zero-order valence-electron chi connectivity index (χ0n) is 9.23. The van der Waals surface area contributed by atoms with E-state index < -0.39 is 0 Å². The highest BCUT2D eigenvalue weighted by Gasteiger charge is 2.10. The van der Waals surface area contributed by atoms with E-state index in [1.165, 1.54) is 0 Å². The Kier molecular flexibility index (Phi) is 5.54. The van der Waals surface area contributed by atoms with Crippen molar-refractivity contribution < 1.29 is 9.94 Å². The number of aryl methyl sites for hydroxylation is 1. The molecule has 0 aliphatic carbocycles. The second-order valence-electron chi connectivity index (χ2n) is 3.31. The van der Waals surface area contributed by atoms with Crippen molar-refractivity contribution in [3.63, 3.8) is 0 Å². The Bertz CT molecular complexity index is 347. The van der Waals surface area contributed by atoms with Crippen LogP contribution in [0.25, 0.3) is 0 Å². The van der Waals surface area contributed by atoms with Gasteiger partial charge in [0.2, 0.25) is 0 Å². The second kappa shape index (κ2) is 6.70. The molecule has 0 saturated carbocycles.